The molecule has 15 heavy (non-hydrogen) atoms. The topological polar surface area (TPSA) is 75.7 Å². The predicted molar refractivity (Wildman–Crippen MR) is 60.4 cm³/mol. The van der Waals surface area contributed by atoms with Crippen molar-refractivity contribution >= 4 is 11.8 Å². The highest BCUT2D eigenvalue weighted by atomic mass is 16.3. The number of unbranched alkanes of at least 4 members (excludes halogenated alkanes) is 1. The summed E-state index contributed by atoms with van der Waals surface area (Å²) < 4.78 is 0. The quantitative estimate of drug-likeness (QED) is 0.345. The zero-order chi connectivity index (χ0) is 11.5. The van der Waals surface area contributed by atoms with Gasteiger partial charge in [0.15, 0.2) is 0 Å². The van der Waals surface area contributed by atoms with E-state index in [1.54, 1.807) is 18.2 Å². The van der Waals surface area contributed by atoms with Crippen LogP contribution in [-0.2, 0) is 4.79 Å². The van der Waals surface area contributed by atoms with Crippen LogP contribution in [0.4, 0.5) is 5.69 Å². The van der Waals surface area contributed by atoms with Gasteiger partial charge in [-0.3, -0.25) is 0 Å². The van der Waals surface area contributed by atoms with Crippen molar-refractivity contribution in [3.05, 3.63) is 24.3 Å². The van der Waals surface area contributed by atoms with E-state index in [-0.39, 0.29) is 5.75 Å². The largest absolute Gasteiger partial charge is 0.508 e. The minimum atomic E-state index is 0.213. The van der Waals surface area contributed by atoms with Gasteiger partial charge in [-0.15, -0.1) is 0 Å². The number of hydrogen-bond donors (Lipinski definition) is 2. The standard InChI is InChI=1S/C6H7NO.C5H9NO/c7-5-2-1-3-6(8)4-5;1-2-3-4-6-5-7/h1-4,8H,7H2;2-4H2,1H3. The molecule has 1 rings (SSSR count). The number of phenolic OH excluding ortho intramolecular Hbond substituents is 1. The first-order valence-corrected chi connectivity index (χ1v) is 4.78. The van der Waals surface area contributed by atoms with Gasteiger partial charge in [-0.05, 0) is 18.6 Å². The van der Waals surface area contributed by atoms with Gasteiger partial charge in [0, 0.05) is 11.8 Å². The van der Waals surface area contributed by atoms with Gasteiger partial charge in [-0.2, -0.15) is 0 Å². The zero-order valence-corrected chi connectivity index (χ0v) is 8.81. The molecule has 4 heteroatoms. The summed E-state index contributed by atoms with van der Waals surface area (Å²) in [5.41, 5.74) is 5.89. The maximum absolute atomic E-state index is 9.39. The number of nitrogens with two attached hydrogens (primary N) is 1. The van der Waals surface area contributed by atoms with Crippen molar-refractivity contribution in [1.82, 2.24) is 0 Å². The van der Waals surface area contributed by atoms with E-state index in [1.165, 1.54) is 12.1 Å². The Kier molecular flexibility index (Phi) is 7.73. The highest BCUT2D eigenvalue weighted by molar-refractivity contribution is 5.42. The molecule has 0 aliphatic carbocycles. The van der Waals surface area contributed by atoms with Crippen LogP contribution in [-0.4, -0.2) is 17.7 Å². The lowest BCUT2D eigenvalue weighted by Gasteiger charge is -1.90. The van der Waals surface area contributed by atoms with Crippen molar-refractivity contribution in [1.29, 1.82) is 0 Å². The lowest BCUT2D eigenvalue weighted by molar-refractivity contribution is 0.475. The van der Waals surface area contributed by atoms with Gasteiger partial charge >= 0.3 is 0 Å². The van der Waals surface area contributed by atoms with E-state index in [9.17, 15) is 4.79 Å². The first-order chi connectivity index (χ1) is 7.20. The lowest BCUT2D eigenvalue weighted by atomic mass is 10.3. The van der Waals surface area contributed by atoms with Crippen LogP contribution < -0.4 is 5.73 Å². The van der Waals surface area contributed by atoms with Gasteiger partial charge in [0.05, 0.1) is 6.54 Å². The number of anilines is 1. The zero-order valence-electron chi connectivity index (χ0n) is 8.81. The van der Waals surface area contributed by atoms with Crippen molar-refractivity contribution in [2.24, 2.45) is 4.99 Å². The third-order valence-corrected chi connectivity index (χ3v) is 1.56. The number of phenols is 1. The van der Waals surface area contributed by atoms with E-state index in [4.69, 9.17) is 10.8 Å². The molecule has 0 atom stereocenters. The van der Waals surface area contributed by atoms with Crippen LogP contribution in [0.1, 0.15) is 19.8 Å². The molecule has 0 spiro atoms. The Labute approximate surface area is 89.5 Å². The van der Waals surface area contributed by atoms with Crippen molar-refractivity contribution in [3.8, 4) is 5.75 Å². The van der Waals surface area contributed by atoms with E-state index in [0.29, 0.717) is 12.2 Å². The Hall–Kier alpha value is -1.80. The van der Waals surface area contributed by atoms with Gasteiger partial charge < -0.3 is 10.8 Å². The average Bonchev–Trinajstić information content (AvgIpc) is 2.19. The van der Waals surface area contributed by atoms with Crippen molar-refractivity contribution in [2.45, 2.75) is 19.8 Å². The highest BCUT2D eigenvalue weighted by Crippen LogP contribution is 2.10. The molecule has 0 bridgehead atoms. The molecule has 0 fully saturated rings. The summed E-state index contributed by atoms with van der Waals surface area (Å²) in [6, 6.07) is 6.50. The molecule has 0 unspecified atom stereocenters. The summed E-state index contributed by atoms with van der Waals surface area (Å²) in [5, 5.41) is 8.73. The lowest BCUT2D eigenvalue weighted by Crippen LogP contribution is -1.80. The second-order valence-corrected chi connectivity index (χ2v) is 2.92. The second kappa shape index (κ2) is 8.78. The second-order valence-electron chi connectivity index (χ2n) is 2.92. The molecule has 1 aromatic rings. The fourth-order valence-electron chi connectivity index (χ4n) is 0.808. The molecule has 0 saturated carbocycles. The molecule has 3 N–H and O–H groups in total. The smallest absolute Gasteiger partial charge is 0.234 e. The Morgan fingerprint density at radius 3 is 2.67 bits per heavy atom. The van der Waals surface area contributed by atoms with Gasteiger partial charge in [0.1, 0.15) is 5.75 Å². The first kappa shape index (κ1) is 13.2. The van der Waals surface area contributed by atoms with Crippen LogP contribution in [0.25, 0.3) is 0 Å². The highest BCUT2D eigenvalue weighted by Gasteiger charge is 1.83. The number of isocyanates is 1. The average molecular weight is 208 g/mol. The SMILES string of the molecule is CCCCN=C=O.Nc1cccc(O)c1. The Morgan fingerprint density at radius 2 is 2.27 bits per heavy atom. The molecule has 4 nitrogen and oxygen atoms in total. The normalized spacial score (nSPS) is 8.33. The van der Waals surface area contributed by atoms with E-state index >= 15 is 0 Å². The third kappa shape index (κ3) is 8.53. The monoisotopic (exact) mass is 208 g/mol. The Bertz CT molecular complexity index is 303. The van der Waals surface area contributed by atoms with Gasteiger partial charge in [0.25, 0.3) is 0 Å². The summed E-state index contributed by atoms with van der Waals surface area (Å²) in [4.78, 5) is 12.7. The number of rotatable bonds is 3. The third-order valence-electron chi connectivity index (χ3n) is 1.56. The van der Waals surface area contributed by atoms with Crippen molar-refractivity contribution < 1.29 is 9.90 Å². The van der Waals surface area contributed by atoms with Crippen LogP contribution in [0.2, 0.25) is 0 Å². The summed E-state index contributed by atoms with van der Waals surface area (Å²) in [7, 11) is 0. The maximum Gasteiger partial charge on any atom is 0.234 e. The molecule has 0 radical (unpaired) electrons. The summed E-state index contributed by atoms with van der Waals surface area (Å²) in [6.45, 7) is 2.69. The number of carbonyl (C=O) groups excluding carboxylic acids is 1. The molecule has 0 amide bonds. The fraction of sp³-hybridized carbons (Fsp3) is 0.364. The van der Waals surface area contributed by atoms with Gasteiger partial charge in [-0.1, -0.05) is 19.4 Å². The number of benzene rings is 1. The van der Waals surface area contributed by atoms with Gasteiger partial charge in [-0.25, -0.2) is 9.79 Å². The Balaban J connectivity index is 0.000000265. The molecule has 0 aliphatic rings. The van der Waals surface area contributed by atoms with Crippen LogP contribution >= 0.6 is 0 Å². The van der Waals surface area contributed by atoms with Crippen LogP contribution in [0, 0.1) is 0 Å². The molecule has 0 aromatic heterocycles. The molecule has 82 valence electrons. The minimum absolute atomic E-state index is 0.213. The number of hydrogen-bond acceptors (Lipinski definition) is 4. The van der Waals surface area contributed by atoms with Crippen molar-refractivity contribution in [2.75, 3.05) is 12.3 Å². The molecule has 0 saturated heterocycles. The minimum Gasteiger partial charge on any atom is -0.508 e. The summed E-state index contributed by atoms with van der Waals surface area (Å²) in [6.07, 6.45) is 3.56. The molecule has 0 heterocycles. The molecular formula is C11H16N2O2. The first-order valence-electron chi connectivity index (χ1n) is 4.78. The van der Waals surface area contributed by atoms with Crippen LogP contribution in [0.3, 0.4) is 0 Å². The van der Waals surface area contributed by atoms with E-state index in [2.05, 4.69) is 11.9 Å². The van der Waals surface area contributed by atoms with Crippen LogP contribution in [0.5, 0.6) is 5.75 Å². The number of nitrogens with zero attached hydrogens (tertiary/aromatic N) is 1. The van der Waals surface area contributed by atoms with Crippen LogP contribution in [0.15, 0.2) is 29.3 Å². The number of aliphatic imine (C=N–C) groups is 1. The Morgan fingerprint density at radius 1 is 1.53 bits per heavy atom. The molecule has 0 aliphatic heterocycles. The maximum atomic E-state index is 9.39. The summed E-state index contributed by atoms with van der Waals surface area (Å²) >= 11 is 0. The van der Waals surface area contributed by atoms with E-state index < -0.39 is 0 Å². The van der Waals surface area contributed by atoms with Crippen molar-refractivity contribution in [3.63, 3.8) is 0 Å². The fourth-order valence-corrected chi connectivity index (χ4v) is 0.808. The van der Waals surface area contributed by atoms with E-state index in [0.717, 1.165) is 12.8 Å². The molecular weight excluding hydrogens is 192 g/mol. The predicted octanol–water partition coefficient (Wildman–Crippen LogP) is 2.10. The molecule has 1 aromatic carbocycles. The van der Waals surface area contributed by atoms with Gasteiger partial charge in [0.2, 0.25) is 6.08 Å². The summed E-state index contributed by atoms with van der Waals surface area (Å²) in [5.74, 6) is 0.213. The number of aromatic hydroxyl groups is 1. The number of nitrogen functional groups attached to an aromatic ring is 1. The van der Waals surface area contributed by atoms with E-state index in [1.807, 2.05) is 0 Å².